The number of nitrogens with zero attached hydrogens (tertiary/aromatic N) is 5. The summed E-state index contributed by atoms with van der Waals surface area (Å²) in [5.41, 5.74) is 2.63. The van der Waals surface area contributed by atoms with Crippen LogP contribution in [-0.4, -0.2) is 37.9 Å². The van der Waals surface area contributed by atoms with Crippen LogP contribution in [0.4, 0.5) is 0 Å². The minimum atomic E-state index is -0.232. The average molecular weight is 296 g/mol. The largest absolute Gasteiger partial charge is 0.317 e. The number of piperidine rings is 1. The van der Waals surface area contributed by atoms with Crippen molar-refractivity contribution in [3.63, 3.8) is 0 Å². The fourth-order valence-corrected chi connectivity index (χ4v) is 3.15. The molecule has 3 aromatic heterocycles. The highest BCUT2D eigenvalue weighted by atomic mass is 16.1. The van der Waals surface area contributed by atoms with Gasteiger partial charge < -0.3 is 5.32 Å². The van der Waals surface area contributed by atoms with Crippen molar-refractivity contribution in [2.75, 3.05) is 13.1 Å². The Kier molecular flexibility index (Phi) is 2.90. The molecule has 1 N–H and O–H groups in total. The molecule has 3 aromatic rings. The van der Waals surface area contributed by atoms with Gasteiger partial charge in [-0.3, -0.25) is 4.79 Å². The Morgan fingerprint density at radius 1 is 1.32 bits per heavy atom. The van der Waals surface area contributed by atoms with Gasteiger partial charge in [0.2, 0.25) is 5.65 Å². The Labute approximate surface area is 126 Å². The molecule has 7 nitrogen and oxygen atoms in total. The Morgan fingerprint density at radius 2 is 2.09 bits per heavy atom. The van der Waals surface area contributed by atoms with Crippen molar-refractivity contribution in [3.05, 3.63) is 33.0 Å². The van der Waals surface area contributed by atoms with Gasteiger partial charge in [0, 0.05) is 12.0 Å². The summed E-state index contributed by atoms with van der Waals surface area (Å²) in [6, 6.07) is 1.60. The zero-order chi connectivity index (χ0) is 15.3. The third kappa shape index (κ3) is 1.89. The lowest BCUT2D eigenvalue weighted by atomic mass is 9.94. The summed E-state index contributed by atoms with van der Waals surface area (Å²) in [7, 11) is 0. The molecule has 0 saturated carbocycles. The van der Waals surface area contributed by atoms with E-state index in [0.717, 1.165) is 42.6 Å². The Morgan fingerprint density at radius 3 is 2.86 bits per heavy atom. The molecule has 0 aromatic carbocycles. The van der Waals surface area contributed by atoms with Gasteiger partial charge >= 0.3 is 0 Å². The van der Waals surface area contributed by atoms with Crippen molar-refractivity contribution >= 4 is 23.3 Å². The van der Waals surface area contributed by atoms with Gasteiger partial charge in [0.05, 0.1) is 16.4 Å². The van der Waals surface area contributed by atoms with E-state index in [2.05, 4.69) is 32.2 Å². The quantitative estimate of drug-likeness (QED) is 0.677. The number of aromatic nitrogens is 5. The topological polar surface area (TPSA) is 85.1 Å². The van der Waals surface area contributed by atoms with Gasteiger partial charge in [-0.15, -0.1) is 15.3 Å². The summed E-state index contributed by atoms with van der Waals surface area (Å²) in [6.07, 6.45) is 1.97. The summed E-state index contributed by atoms with van der Waals surface area (Å²) >= 11 is 0. The van der Waals surface area contributed by atoms with Crippen LogP contribution in [0.3, 0.4) is 0 Å². The molecule has 1 aliphatic heterocycles. The molecule has 1 fully saturated rings. The van der Waals surface area contributed by atoms with E-state index in [-0.39, 0.29) is 5.56 Å². The van der Waals surface area contributed by atoms with Crippen LogP contribution in [0.25, 0.3) is 23.3 Å². The first-order chi connectivity index (χ1) is 10.6. The van der Waals surface area contributed by atoms with Crippen molar-refractivity contribution in [1.29, 1.82) is 0 Å². The van der Waals surface area contributed by atoms with Gasteiger partial charge in [-0.2, -0.15) is 4.98 Å². The second-order valence-corrected chi connectivity index (χ2v) is 5.75. The van der Waals surface area contributed by atoms with E-state index < -0.39 is 0 Å². The third-order valence-corrected chi connectivity index (χ3v) is 4.41. The van der Waals surface area contributed by atoms with E-state index in [9.17, 15) is 4.79 Å². The molecule has 0 atom stereocenters. The lowest BCUT2D eigenvalue weighted by Gasteiger charge is -2.22. The van der Waals surface area contributed by atoms with Crippen LogP contribution in [0.15, 0.2) is 10.9 Å². The molecule has 0 unspecified atom stereocenters. The zero-order valence-corrected chi connectivity index (χ0v) is 12.3. The van der Waals surface area contributed by atoms with Gasteiger partial charge in [-0.1, -0.05) is 6.58 Å². The lowest BCUT2D eigenvalue weighted by Crippen LogP contribution is -2.28. The Balaban J connectivity index is 2.08. The highest BCUT2D eigenvalue weighted by Gasteiger charge is 2.22. The summed E-state index contributed by atoms with van der Waals surface area (Å²) < 4.78 is 1.77. The second kappa shape index (κ2) is 4.81. The normalized spacial score (nSPS) is 16.6. The number of nitrogens with one attached hydrogen (secondary N) is 1. The molecule has 0 aliphatic carbocycles. The maximum atomic E-state index is 12.1. The Bertz CT molecular complexity index is 973. The molecule has 0 bridgehead atoms. The van der Waals surface area contributed by atoms with Crippen molar-refractivity contribution in [1.82, 2.24) is 30.1 Å². The van der Waals surface area contributed by atoms with Crippen LogP contribution in [0.5, 0.6) is 0 Å². The van der Waals surface area contributed by atoms with E-state index in [1.54, 1.807) is 10.6 Å². The maximum Gasteiger partial charge on any atom is 0.273 e. The van der Waals surface area contributed by atoms with Crippen molar-refractivity contribution in [2.45, 2.75) is 25.7 Å². The van der Waals surface area contributed by atoms with E-state index in [0.29, 0.717) is 22.6 Å². The highest BCUT2D eigenvalue weighted by molar-refractivity contribution is 5.92. The van der Waals surface area contributed by atoms with E-state index >= 15 is 0 Å². The first-order valence-corrected chi connectivity index (χ1v) is 7.41. The first kappa shape index (κ1) is 13.3. The van der Waals surface area contributed by atoms with Gasteiger partial charge in [0.15, 0.2) is 5.65 Å². The average Bonchev–Trinajstić information content (AvgIpc) is 2.90. The van der Waals surface area contributed by atoms with Gasteiger partial charge in [-0.05, 0) is 38.4 Å². The molecule has 0 spiro atoms. The zero-order valence-electron chi connectivity index (χ0n) is 12.3. The highest BCUT2D eigenvalue weighted by Crippen LogP contribution is 2.26. The van der Waals surface area contributed by atoms with Crippen LogP contribution in [0.2, 0.25) is 0 Å². The molecule has 4 heterocycles. The maximum absolute atomic E-state index is 12.1. The van der Waals surface area contributed by atoms with E-state index in [1.807, 2.05) is 6.92 Å². The first-order valence-electron chi connectivity index (χ1n) is 7.41. The third-order valence-electron chi connectivity index (χ3n) is 4.41. The standard InChI is InChI=1S/C15H16N6O/c1-8-9(2)18-19-14-13(8)15-17-12(22)7-11(21(15)20-14)10-3-5-16-6-4-10/h7,10,16H,2-6H2,1H3. The molecule has 1 aliphatic rings. The molecule has 4 rings (SSSR count). The summed E-state index contributed by atoms with van der Waals surface area (Å²) in [4.78, 5) is 16.2. The number of aryl methyl sites for hydroxylation is 1. The number of fused-ring (bicyclic) bond motifs is 3. The van der Waals surface area contributed by atoms with Gasteiger partial charge in [0.25, 0.3) is 5.56 Å². The van der Waals surface area contributed by atoms with E-state index in [4.69, 9.17) is 0 Å². The monoisotopic (exact) mass is 296 g/mol. The Hall–Kier alpha value is -2.41. The molecular weight excluding hydrogens is 280 g/mol. The summed E-state index contributed by atoms with van der Waals surface area (Å²) in [5, 5.41) is 17.3. The molecule has 22 heavy (non-hydrogen) atoms. The molecule has 0 radical (unpaired) electrons. The fourth-order valence-electron chi connectivity index (χ4n) is 3.15. The SMILES string of the molecule is C=c1nnc2nn3c(C4CCNCC4)cc(=O)nc3c2c1C. The fraction of sp³-hybridized carbons (Fsp3) is 0.400. The van der Waals surface area contributed by atoms with Crippen LogP contribution < -0.4 is 16.2 Å². The molecular formula is C15H16N6O. The molecule has 7 heteroatoms. The predicted octanol–water partition coefficient (Wildman–Crippen LogP) is -0.0627. The minimum Gasteiger partial charge on any atom is -0.317 e. The predicted molar refractivity (Wildman–Crippen MR) is 82.7 cm³/mol. The number of hydrogen-bond acceptors (Lipinski definition) is 6. The summed E-state index contributed by atoms with van der Waals surface area (Å²) in [6.45, 7) is 7.67. The molecule has 112 valence electrons. The van der Waals surface area contributed by atoms with Crippen LogP contribution in [-0.2, 0) is 0 Å². The lowest BCUT2D eigenvalue weighted by molar-refractivity contribution is 0.446. The van der Waals surface area contributed by atoms with Gasteiger partial charge in [-0.25, -0.2) is 4.52 Å². The van der Waals surface area contributed by atoms with Crippen LogP contribution in [0.1, 0.15) is 30.0 Å². The van der Waals surface area contributed by atoms with Crippen LogP contribution in [0, 0.1) is 6.92 Å². The number of hydrogen-bond donors (Lipinski definition) is 1. The minimum absolute atomic E-state index is 0.232. The number of rotatable bonds is 1. The van der Waals surface area contributed by atoms with Crippen molar-refractivity contribution in [3.8, 4) is 0 Å². The molecule has 0 amide bonds. The molecule has 1 saturated heterocycles. The van der Waals surface area contributed by atoms with Gasteiger partial charge in [0.1, 0.15) is 0 Å². The smallest absolute Gasteiger partial charge is 0.273 e. The van der Waals surface area contributed by atoms with Crippen LogP contribution >= 0.6 is 0 Å². The van der Waals surface area contributed by atoms with E-state index in [1.165, 1.54) is 0 Å². The van der Waals surface area contributed by atoms with Crippen molar-refractivity contribution in [2.24, 2.45) is 0 Å². The summed E-state index contributed by atoms with van der Waals surface area (Å²) in [5.74, 6) is 0.307. The second-order valence-electron chi connectivity index (χ2n) is 5.75. The van der Waals surface area contributed by atoms with Crippen molar-refractivity contribution < 1.29 is 0 Å².